The van der Waals surface area contributed by atoms with E-state index in [1.54, 1.807) is 0 Å². The van der Waals surface area contributed by atoms with Crippen molar-refractivity contribution in [3.8, 4) is 0 Å². The molecule has 0 aliphatic carbocycles. The molecule has 1 aromatic heterocycles. The number of nitrogens with zero attached hydrogens (tertiary/aromatic N) is 2. The van der Waals surface area contributed by atoms with Crippen LogP contribution >= 0.6 is 0 Å². The van der Waals surface area contributed by atoms with Gasteiger partial charge < -0.3 is 10.6 Å². The van der Waals surface area contributed by atoms with Crippen LogP contribution in [0.2, 0.25) is 0 Å². The molecule has 1 fully saturated rings. The van der Waals surface area contributed by atoms with Gasteiger partial charge in [0.05, 0.1) is 0 Å². The second kappa shape index (κ2) is 5.30. The van der Waals surface area contributed by atoms with Gasteiger partial charge in [0.2, 0.25) is 0 Å². The van der Waals surface area contributed by atoms with Crippen molar-refractivity contribution in [3.63, 3.8) is 0 Å². The third-order valence-electron chi connectivity index (χ3n) is 3.29. The third kappa shape index (κ3) is 2.73. The summed E-state index contributed by atoms with van der Waals surface area (Å²) in [6.45, 7) is 5.11. The predicted molar refractivity (Wildman–Crippen MR) is 67.6 cm³/mol. The van der Waals surface area contributed by atoms with Gasteiger partial charge in [0, 0.05) is 18.8 Å². The molecule has 3 nitrogen and oxygen atoms in total. The van der Waals surface area contributed by atoms with Crippen molar-refractivity contribution < 1.29 is 0 Å². The molecule has 1 aliphatic rings. The molecule has 2 heterocycles. The van der Waals surface area contributed by atoms with Crippen LogP contribution in [0.4, 0.5) is 5.82 Å². The van der Waals surface area contributed by atoms with E-state index < -0.39 is 0 Å². The van der Waals surface area contributed by atoms with Gasteiger partial charge in [-0.2, -0.15) is 0 Å². The highest BCUT2D eigenvalue weighted by Gasteiger charge is 2.20. The molecule has 1 aromatic rings. The molecular formula is C13H21N3. The maximum Gasteiger partial charge on any atom is 0.128 e. The predicted octanol–water partition coefficient (Wildman–Crippen LogP) is 1.96. The van der Waals surface area contributed by atoms with E-state index in [-0.39, 0.29) is 0 Å². The monoisotopic (exact) mass is 219 g/mol. The quantitative estimate of drug-likeness (QED) is 0.845. The molecular weight excluding hydrogens is 198 g/mol. The normalized spacial score (nSPS) is 21.1. The smallest absolute Gasteiger partial charge is 0.128 e. The summed E-state index contributed by atoms with van der Waals surface area (Å²) in [4.78, 5) is 6.99. The Hall–Kier alpha value is -1.09. The minimum atomic E-state index is 0.751. The molecule has 2 N–H and O–H groups in total. The first-order chi connectivity index (χ1) is 7.79. The fraction of sp³-hybridized carbons (Fsp3) is 0.615. The average molecular weight is 219 g/mol. The fourth-order valence-corrected chi connectivity index (χ4v) is 2.45. The number of aryl methyl sites for hydroxylation is 1. The number of anilines is 1. The zero-order valence-corrected chi connectivity index (χ0v) is 10.0. The first kappa shape index (κ1) is 11.4. The van der Waals surface area contributed by atoms with Crippen LogP contribution in [0, 0.1) is 12.8 Å². The zero-order chi connectivity index (χ0) is 11.4. The van der Waals surface area contributed by atoms with Gasteiger partial charge >= 0.3 is 0 Å². The molecule has 0 amide bonds. The number of nitrogens with two attached hydrogens (primary N) is 1. The number of piperidine rings is 1. The number of pyridine rings is 1. The van der Waals surface area contributed by atoms with Gasteiger partial charge in [0.15, 0.2) is 0 Å². The summed E-state index contributed by atoms with van der Waals surface area (Å²) in [6.07, 6.45) is 3.72. The van der Waals surface area contributed by atoms with Crippen LogP contribution in [-0.4, -0.2) is 24.6 Å². The van der Waals surface area contributed by atoms with Crippen LogP contribution in [0.3, 0.4) is 0 Å². The second-order valence-corrected chi connectivity index (χ2v) is 4.67. The Balaban J connectivity index is 2.03. The first-order valence-corrected chi connectivity index (χ1v) is 6.18. The van der Waals surface area contributed by atoms with Gasteiger partial charge in [-0.25, -0.2) is 4.98 Å². The van der Waals surface area contributed by atoms with Crippen LogP contribution in [0.5, 0.6) is 0 Å². The van der Waals surface area contributed by atoms with Crippen molar-refractivity contribution in [2.75, 3.05) is 24.5 Å². The second-order valence-electron chi connectivity index (χ2n) is 4.67. The van der Waals surface area contributed by atoms with Crippen LogP contribution in [0.1, 0.15) is 25.0 Å². The minimum absolute atomic E-state index is 0.751. The van der Waals surface area contributed by atoms with Gasteiger partial charge in [0.25, 0.3) is 0 Å². The zero-order valence-electron chi connectivity index (χ0n) is 10.0. The molecule has 2 rings (SSSR count). The summed E-state index contributed by atoms with van der Waals surface area (Å²) >= 11 is 0. The largest absolute Gasteiger partial charge is 0.356 e. The van der Waals surface area contributed by atoms with E-state index in [0.717, 1.165) is 43.5 Å². The molecule has 0 spiro atoms. The molecule has 16 heavy (non-hydrogen) atoms. The highest BCUT2D eigenvalue weighted by molar-refractivity contribution is 5.39. The van der Waals surface area contributed by atoms with E-state index in [4.69, 9.17) is 5.73 Å². The first-order valence-electron chi connectivity index (χ1n) is 6.18. The van der Waals surface area contributed by atoms with E-state index in [2.05, 4.69) is 22.0 Å². The molecule has 0 aromatic carbocycles. The Kier molecular flexibility index (Phi) is 3.78. The Morgan fingerprint density at radius 3 is 3.12 bits per heavy atom. The standard InChI is InChI=1S/C13H21N3/c1-11-4-2-6-13(15-11)16-9-3-5-12(10-16)7-8-14/h2,4,6,12H,3,5,7-10,14H2,1H3. The van der Waals surface area contributed by atoms with Crippen molar-refractivity contribution in [3.05, 3.63) is 23.9 Å². The van der Waals surface area contributed by atoms with Crippen LogP contribution < -0.4 is 10.6 Å². The summed E-state index contributed by atoms with van der Waals surface area (Å²) in [6, 6.07) is 6.24. The molecule has 1 saturated heterocycles. The molecule has 1 atom stereocenters. The van der Waals surface area contributed by atoms with Crippen molar-refractivity contribution in [1.29, 1.82) is 0 Å². The number of hydrogen-bond donors (Lipinski definition) is 1. The summed E-state index contributed by atoms with van der Waals surface area (Å²) in [7, 11) is 0. The Morgan fingerprint density at radius 2 is 2.38 bits per heavy atom. The summed E-state index contributed by atoms with van der Waals surface area (Å²) in [5.41, 5.74) is 6.73. The van der Waals surface area contributed by atoms with Gasteiger partial charge in [-0.05, 0) is 50.8 Å². The van der Waals surface area contributed by atoms with Crippen molar-refractivity contribution in [1.82, 2.24) is 4.98 Å². The van der Waals surface area contributed by atoms with E-state index in [9.17, 15) is 0 Å². The SMILES string of the molecule is Cc1cccc(N2CCCC(CCN)C2)n1. The van der Waals surface area contributed by atoms with Crippen molar-refractivity contribution >= 4 is 5.82 Å². The van der Waals surface area contributed by atoms with E-state index in [0.29, 0.717) is 0 Å². The fourth-order valence-electron chi connectivity index (χ4n) is 2.45. The maximum atomic E-state index is 5.63. The third-order valence-corrected chi connectivity index (χ3v) is 3.29. The number of rotatable bonds is 3. The molecule has 0 saturated carbocycles. The molecule has 0 bridgehead atoms. The lowest BCUT2D eigenvalue weighted by Crippen LogP contribution is -2.36. The Bertz CT molecular complexity index is 336. The topological polar surface area (TPSA) is 42.1 Å². The molecule has 1 aliphatic heterocycles. The Labute approximate surface area is 97.7 Å². The van der Waals surface area contributed by atoms with Gasteiger partial charge in [0.1, 0.15) is 5.82 Å². The Morgan fingerprint density at radius 1 is 1.50 bits per heavy atom. The lowest BCUT2D eigenvalue weighted by atomic mass is 9.95. The highest BCUT2D eigenvalue weighted by Crippen LogP contribution is 2.23. The summed E-state index contributed by atoms with van der Waals surface area (Å²) < 4.78 is 0. The summed E-state index contributed by atoms with van der Waals surface area (Å²) in [5, 5.41) is 0. The van der Waals surface area contributed by atoms with Gasteiger partial charge in [-0.15, -0.1) is 0 Å². The molecule has 3 heteroatoms. The van der Waals surface area contributed by atoms with E-state index in [1.807, 2.05) is 13.0 Å². The van der Waals surface area contributed by atoms with Gasteiger partial charge in [-0.3, -0.25) is 0 Å². The summed E-state index contributed by atoms with van der Waals surface area (Å²) in [5.74, 6) is 1.88. The van der Waals surface area contributed by atoms with Crippen LogP contribution in [0.15, 0.2) is 18.2 Å². The van der Waals surface area contributed by atoms with Crippen LogP contribution in [0.25, 0.3) is 0 Å². The highest BCUT2D eigenvalue weighted by atomic mass is 15.2. The molecule has 88 valence electrons. The average Bonchev–Trinajstić information content (AvgIpc) is 2.30. The van der Waals surface area contributed by atoms with Crippen molar-refractivity contribution in [2.45, 2.75) is 26.2 Å². The minimum Gasteiger partial charge on any atom is -0.356 e. The lowest BCUT2D eigenvalue weighted by Gasteiger charge is -2.33. The number of hydrogen-bond acceptors (Lipinski definition) is 3. The molecule has 1 unspecified atom stereocenters. The maximum absolute atomic E-state index is 5.63. The number of aromatic nitrogens is 1. The van der Waals surface area contributed by atoms with Crippen molar-refractivity contribution in [2.24, 2.45) is 11.7 Å². The van der Waals surface area contributed by atoms with Crippen LogP contribution in [-0.2, 0) is 0 Å². The van der Waals surface area contributed by atoms with E-state index in [1.165, 1.54) is 12.8 Å². The van der Waals surface area contributed by atoms with E-state index >= 15 is 0 Å². The van der Waals surface area contributed by atoms with Gasteiger partial charge in [-0.1, -0.05) is 6.07 Å². The lowest BCUT2D eigenvalue weighted by molar-refractivity contribution is 0.394. The molecule has 0 radical (unpaired) electrons.